The molecule has 1 amide bonds. The van der Waals surface area contributed by atoms with Crippen molar-refractivity contribution in [2.24, 2.45) is 0 Å². The first-order chi connectivity index (χ1) is 13.6. The van der Waals surface area contributed by atoms with Gasteiger partial charge in [0.05, 0.1) is 0 Å². The van der Waals surface area contributed by atoms with E-state index in [0.29, 0.717) is 17.3 Å². The van der Waals surface area contributed by atoms with E-state index in [1.165, 1.54) is 18.7 Å². The Kier molecular flexibility index (Phi) is 5.25. The van der Waals surface area contributed by atoms with Crippen LogP contribution in [0.3, 0.4) is 0 Å². The van der Waals surface area contributed by atoms with Gasteiger partial charge in [0.1, 0.15) is 11.6 Å². The quantitative estimate of drug-likeness (QED) is 0.479. The molecule has 1 unspecified atom stereocenters. The average Bonchev–Trinajstić information content (AvgIpc) is 3.45. The van der Waals surface area contributed by atoms with Crippen molar-refractivity contribution >= 4 is 29.1 Å². The number of aromatic nitrogens is 3. The summed E-state index contributed by atoms with van der Waals surface area (Å²) in [5, 5.41) is 11.4. The van der Waals surface area contributed by atoms with Crippen LogP contribution in [0.2, 0.25) is 0 Å². The molecule has 6 nitrogen and oxygen atoms in total. The number of hydrogen-bond donors (Lipinski definition) is 1. The Hall–Kier alpha value is -2.93. The van der Waals surface area contributed by atoms with Crippen LogP contribution in [0.4, 0.5) is 5.69 Å². The maximum absolute atomic E-state index is 13.1. The third kappa shape index (κ3) is 4.14. The first-order valence-electron chi connectivity index (χ1n) is 9.15. The fraction of sp³-hybridized carbons (Fsp3) is 0.238. The lowest BCUT2D eigenvalue weighted by Crippen LogP contribution is -2.19. The predicted octanol–water partition coefficient (Wildman–Crippen LogP) is 4.29. The number of Topliss-reactive ketones (excluding diaryl/α,β-unsaturated/α-hetero) is 1. The fourth-order valence-electron chi connectivity index (χ4n) is 2.95. The summed E-state index contributed by atoms with van der Waals surface area (Å²) in [6, 6.07) is 17.0. The molecular formula is C21H20N4O2S. The molecule has 0 saturated heterocycles. The Bertz CT molecular complexity index is 998. The van der Waals surface area contributed by atoms with E-state index in [0.717, 1.165) is 23.6 Å². The highest BCUT2D eigenvalue weighted by molar-refractivity contribution is 8.00. The molecule has 4 rings (SSSR count). The van der Waals surface area contributed by atoms with E-state index in [9.17, 15) is 9.59 Å². The van der Waals surface area contributed by atoms with Gasteiger partial charge in [0, 0.05) is 17.3 Å². The summed E-state index contributed by atoms with van der Waals surface area (Å²) in [6.07, 6.45) is 3.97. The van der Waals surface area contributed by atoms with E-state index < -0.39 is 5.25 Å². The van der Waals surface area contributed by atoms with Gasteiger partial charge in [0.25, 0.3) is 0 Å². The Morgan fingerprint density at radius 2 is 1.93 bits per heavy atom. The largest absolute Gasteiger partial charge is 0.325 e. The van der Waals surface area contributed by atoms with Crippen molar-refractivity contribution in [1.29, 1.82) is 0 Å². The second kappa shape index (κ2) is 7.98. The molecule has 1 aromatic heterocycles. The topological polar surface area (TPSA) is 76.9 Å². The number of anilines is 1. The SMILES string of the molecule is CC(=O)c1cccc(NC(=O)C(Sc2nncn2C2CC2)c2ccccc2)c1. The van der Waals surface area contributed by atoms with Crippen molar-refractivity contribution in [3.05, 3.63) is 72.1 Å². The molecule has 3 aromatic rings. The molecule has 1 fully saturated rings. The Labute approximate surface area is 167 Å². The second-order valence-electron chi connectivity index (χ2n) is 6.79. The van der Waals surface area contributed by atoms with Crippen LogP contribution < -0.4 is 5.32 Å². The number of hydrogen-bond acceptors (Lipinski definition) is 5. The summed E-state index contributed by atoms with van der Waals surface area (Å²) in [5.74, 6) is -0.204. The lowest BCUT2D eigenvalue weighted by atomic mass is 10.1. The van der Waals surface area contributed by atoms with Gasteiger partial charge in [0.15, 0.2) is 10.9 Å². The molecule has 28 heavy (non-hydrogen) atoms. The zero-order valence-corrected chi connectivity index (χ0v) is 16.2. The van der Waals surface area contributed by atoms with Crippen molar-refractivity contribution in [2.45, 2.75) is 36.2 Å². The Balaban J connectivity index is 1.60. The number of amides is 1. The van der Waals surface area contributed by atoms with E-state index >= 15 is 0 Å². The maximum atomic E-state index is 13.1. The van der Waals surface area contributed by atoms with E-state index in [-0.39, 0.29) is 11.7 Å². The van der Waals surface area contributed by atoms with Gasteiger partial charge >= 0.3 is 0 Å². The molecule has 0 aliphatic heterocycles. The highest BCUT2D eigenvalue weighted by Gasteiger charge is 2.30. The first-order valence-corrected chi connectivity index (χ1v) is 10.0. The summed E-state index contributed by atoms with van der Waals surface area (Å²) >= 11 is 1.39. The molecule has 1 saturated carbocycles. The van der Waals surface area contributed by atoms with Crippen LogP contribution in [-0.4, -0.2) is 26.5 Å². The van der Waals surface area contributed by atoms with Crippen LogP contribution in [0.15, 0.2) is 66.1 Å². The van der Waals surface area contributed by atoms with Crippen molar-refractivity contribution in [1.82, 2.24) is 14.8 Å². The highest BCUT2D eigenvalue weighted by Crippen LogP contribution is 2.41. The summed E-state index contributed by atoms with van der Waals surface area (Å²) in [4.78, 5) is 24.8. The number of carbonyl (C=O) groups is 2. The monoisotopic (exact) mass is 392 g/mol. The molecule has 1 aliphatic carbocycles. The van der Waals surface area contributed by atoms with E-state index in [4.69, 9.17) is 0 Å². The van der Waals surface area contributed by atoms with Crippen molar-refractivity contribution < 1.29 is 9.59 Å². The van der Waals surface area contributed by atoms with E-state index in [2.05, 4.69) is 15.5 Å². The third-order valence-corrected chi connectivity index (χ3v) is 5.81. The van der Waals surface area contributed by atoms with Crippen molar-refractivity contribution in [2.75, 3.05) is 5.32 Å². The van der Waals surface area contributed by atoms with Crippen molar-refractivity contribution in [3.63, 3.8) is 0 Å². The number of nitrogens with zero attached hydrogens (tertiary/aromatic N) is 3. The summed E-state index contributed by atoms with van der Waals surface area (Å²) in [6.45, 7) is 1.51. The summed E-state index contributed by atoms with van der Waals surface area (Å²) in [7, 11) is 0. The number of rotatable bonds is 7. The van der Waals surface area contributed by atoms with Gasteiger partial charge in [-0.05, 0) is 37.5 Å². The molecule has 0 bridgehead atoms. The van der Waals surface area contributed by atoms with Crippen molar-refractivity contribution in [3.8, 4) is 0 Å². The van der Waals surface area contributed by atoms with Gasteiger partial charge in [-0.25, -0.2) is 0 Å². The normalized spacial score (nSPS) is 14.5. The molecule has 0 radical (unpaired) electrons. The standard InChI is InChI=1S/C21H20N4O2S/c1-14(26)16-8-5-9-17(12-16)23-20(27)19(15-6-3-2-4-7-15)28-21-24-22-13-25(21)18-10-11-18/h2-9,12-13,18-19H,10-11H2,1H3,(H,23,27). The smallest absolute Gasteiger partial charge is 0.242 e. The van der Waals surface area contributed by atoms with Crippen LogP contribution in [0, 0.1) is 0 Å². The summed E-state index contributed by atoms with van der Waals surface area (Å²) < 4.78 is 2.05. The highest BCUT2D eigenvalue weighted by atomic mass is 32.2. The number of nitrogens with one attached hydrogen (secondary N) is 1. The lowest BCUT2D eigenvalue weighted by molar-refractivity contribution is -0.115. The minimum atomic E-state index is -0.483. The van der Waals surface area contributed by atoms with Gasteiger partial charge in [-0.3, -0.25) is 9.59 Å². The van der Waals surface area contributed by atoms with Crippen LogP contribution >= 0.6 is 11.8 Å². The molecule has 1 atom stereocenters. The fourth-order valence-corrected chi connectivity index (χ4v) is 4.03. The lowest BCUT2D eigenvalue weighted by Gasteiger charge is -2.17. The predicted molar refractivity (Wildman–Crippen MR) is 108 cm³/mol. The Morgan fingerprint density at radius 3 is 2.64 bits per heavy atom. The minimum Gasteiger partial charge on any atom is -0.325 e. The molecule has 1 aliphatic rings. The van der Waals surface area contributed by atoms with Crippen LogP contribution in [-0.2, 0) is 4.79 Å². The van der Waals surface area contributed by atoms with Crippen LogP contribution in [0.5, 0.6) is 0 Å². The zero-order valence-electron chi connectivity index (χ0n) is 15.4. The maximum Gasteiger partial charge on any atom is 0.242 e. The molecule has 1 heterocycles. The van der Waals surface area contributed by atoms with E-state index in [1.807, 2.05) is 34.9 Å². The third-order valence-electron chi connectivity index (χ3n) is 4.58. The van der Waals surface area contributed by atoms with Gasteiger partial charge < -0.3 is 9.88 Å². The minimum absolute atomic E-state index is 0.0392. The molecule has 1 N–H and O–H groups in total. The molecule has 0 spiro atoms. The van der Waals surface area contributed by atoms with Crippen LogP contribution in [0.1, 0.15) is 47.0 Å². The molecular weight excluding hydrogens is 372 g/mol. The van der Waals surface area contributed by atoms with Gasteiger partial charge in [-0.2, -0.15) is 0 Å². The first kappa shape index (κ1) is 18.4. The molecule has 7 heteroatoms. The van der Waals surface area contributed by atoms with E-state index in [1.54, 1.807) is 30.6 Å². The zero-order chi connectivity index (χ0) is 19.5. The van der Waals surface area contributed by atoms with Gasteiger partial charge in [-0.15, -0.1) is 10.2 Å². The van der Waals surface area contributed by atoms with Gasteiger partial charge in [-0.1, -0.05) is 54.2 Å². The Morgan fingerprint density at radius 1 is 1.14 bits per heavy atom. The summed E-state index contributed by atoms with van der Waals surface area (Å²) in [5.41, 5.74) is 2.05. The molecule has 142 valence electrons. The van der Waals surface area contributed by atoms with Gasteiger partial charge in [0.2, 0.25) is 5.91 Å². The van der Waals surface area contributed by atoms with Crippen LogP contribution in [0.25, 0.3) is 0 Å². The average molecular weight is 392 g/mol. The number of carbonyl (C=O) groups excluding carboxylic acids is 2. The number of ketones is 1. The molecule has 2 aromatic carbocycles. The number of thioether (sulfide) groups is 1. The number of benzene rings is 2. The second-order valence-corrected chi connectivity index (χ2v) is 7.86.